The Hall–Kier alpha value is -3.07. The number of hydrogen-bond donors (Lipinski definition) is 1. The number of nitrogens with zero attached hydrogens (tertiary/aromatic N) is 4. The minimum Gasteiger partial charge on any atom is -0.365 e. The molecule has 1 saturated heterocycles. The lowest BCUT2D eigenvalue weighted by molar-refractivity contribution is -0.385. The number of carbonyl (C=O) groups excluding carboxylic acids is 1. The molecular formula is C18H20FN5O3. The molecule has 3 rings (SSSR count). The van der Waals surface area contributed by atoms with Crippen LogP contribution in [0.1, 0.15) is 28.9 Å². The van der Waals surface area contributed by atoms with Gasteiger partial charge in [-0.25, -0.2) is 9.37 Å². The highest BCUT2D eigenvalue weighted by Crippen LogP contribution is 2.26. The van der Waals surface area contributed by atoms with E-state index in [9.17, 15) is 19.3 Å². The summed E-state index contributed by atoms with van der Waals surface area (Å²) in [6.07, 6.45) is 1.13. The number of anilines is 1. The zero-order chi connectivity index (χ0) is 19.6. The number of aromatic nitrogens is 1. The fourth-order valence-corrected chi connectivity index (χ4v) is 3.28. The second-order valence-electron chi connectivity index (χ2n) is 6.44. The normalized spacial score (nSPS) is 16.1. The molecule has 9 heteroatoms. The molecule has 1 aromatic heterocycles. The summed E-state index contributed by atoms with van der Waals surface area (Å²) in [7, 11) is 0. The fourth-order valence-electron chi connectivity index (χ4n) is 3.28. The van der Waals surface area contributed by atoms with Crippen LogP contribution >= 0.6 is 0 Å². The van der Waals surface area contributed by atoms with Crippen LogP contribution in [0.2, 0.25) is 0 Å². The van der Waals surface area contributed by atoms with Crippen molar-refractivity contribution in [1.29, 1.82) is 0 Å². The molecule has 0 aliphatic carbocycles. The van der Waals surface area contributed by atoms with E-state index in [0.29, 0.717) is 32.0 Å². The first-order chi connectivity index (χ1) is 12.9. The SMILES string of the molecule is C[C@@H](c1cccc(F)c1)N1CCN(c2ncc([N+](=O)[O-])cc2C(N)=O)CC1. The van der Waals surface area contributed by atoms with E-state index < -0.39 is 10.8 Å². The topological polar surface area (TPSA) is 106 Å². The number of hydrogen-bond acceptors (Lipinski definition) is 6. The summed E-state index contributed by atoms with van der Waals surface area (Å²) in [6, 6.07) is 7.73. The molecule has 2 aromatic rings. The van der Waals surface area contributed by atoms with Gasteiger partial charge in [0.15, 0.2) is 0 Å². The first kappa shape index (κ1) is 18.7. The van der Waals surface area contributed by atoms with Crippen LogP contribution in [0.15, 0.2) is 36.5 Å². The van der Waals surface area contributed by atoms with Crippen molar-refractivity contribution >= 4 is 17.4 Å². The average molecular weight is 373 g/mol. The predicted octanol–water partition coefficient (Wildman–Crippen LogP) is 2.11. The maximum absolute atomic E-state index is 13.5. The Bertz CT molecular complexity index is 868. The van der Waals surface area contributed by atoms with Crippen molar-refractivity contribution in [2.24, 2.45) is 5.73 Å². The van der Waals surface area contributed by atoms with Gasteiger partial charge < -0.3 is 10.6 Å². The third-order valence-corrected chi connectivity index (χ3v) is 4.82. The Balaban J connectivity index is 1.74. The molecule has 8 nitrogen and oxygen atoms in total. The van der Waals surface area contributed by atoms with E-state index in [-0.39, 0.29) is 23.1 Å². The molecule has 1 aliphatic heterocycles. The van der Waals surface area contributed by atoms with Crippen LogP contribution in [0.3, 0.4) is 0 Å². The van der Waals surface area contributed by atoms with Crippen LogP contribution in [0.4, 0.5) is 15.9 Å². The number of rotatable bonds is 5. The Kier molecular flexibility index (Phi) is 5.31. The first-order valence-electron chi connectivity index (χ1n) is 8.55. The number of nitro groups is 1. The van der Waals surface area contributed by atoms with Gasteiger partial charge in [0.1, 0.15) is 17.8 Å². The maximum atomic E-state index is 13.5. The summed E-state index contributed by atoms with van der Waals surface area (Å²) in [6.45, 7) is 4.52. The number of benzene rings is 1. The number of halogens is 1. The van der Waals surface area contributed by atoms with Crippen LogP contribution in [0, 0.1) is 15.9 Å². The summed E-state index contributed by atoms with van der Waals surface area (Å²) >= 11 is 0. The van der Waals surface area contributed by atoms with E-state index in [1.54, 1.807) is 6.07 Å². The highest BCUT2D eigenvalue weighted by atomic mass is 19.1. The number of nitrogens with two attached hydrogens (primary N) is 1. The predicted molar refractivity (Wildman–Crippen MR) is 98.0 cm³/mol. The lowest BCUT2D eigenvalue weighted by Crippen LogP contribution is -2.48. The van der Waals surface area contributed by atoms with E-state index in [1.807, 2.05) is 17.9 Å². The smallest absolute Gasteiger partial charge is 0.288 e. The van der Waals surface area contributed by atoms with Gasteiger partial charge in [-0.2, -0.15) is 0 Å². The lowest BCUT2D eigenvalue weighted by atomic mass is 10.1. The molecule has 0 bridgehead atoms. The quantitative estimate of drug-likeness (QED) is 0.636. The standard InChI is InChI=1S/C18H20FN5O3/c1-12(13-3-2-4-14(19)9-13)22-5-7-23(8-6-22)18-16(17(20)25)10-15(11-21-18)24(26)27/h2-4,9-12H,5-8H2,1H3,(H2,20,25)/t12-/m0/s1. The molecule has 27 heavy (non-hydrogen) atoms. The summed E-state index contributed by atoms with van der Waals surface area (Å²) in [5.74, 6) is -0.665. The van der Waals surface area contributed by atoms with Crippen LogP contribution < -0.4 is 10.6 Å². The number of carbonyl (C=O) groups is 1. The minimum atomic E-state index is -0.753. The number of primary amides is 1. The monoisotopic (exact) mass is 373 g/mol. The minimum absolute atomic E-state index is 0.0378. The Labute approximate surface area is 155 Å². The molecule has 1 fully saturated rings. The first-order valence-corrected chi connectivity index (χ1v) is 8.55. The number of piperazine rings is 1. The molecule has 142 valence electrons. The molecule has 1 amide bonds. The van der Waals surface area contributed by atoms with Crippen molar-refractivity contribution in [3.8, 4) is 0 Å². The van der Waals surface area contributed by atoms with Crippen LogP contribution in [-0.4, -0.2) is 46.9 Å². The van der Waals surface area contributed by atoms with Gasteiger partial charge in [0.05, 0.1) is 10.5 Å². The van der Waals surface area contributed by atoms with Crippen molar-refractivity contribution in [2.45, 2.75) is 13.0 Å². The summed E-state index contributed by atoms with van der Waals surface area (Å²) in [5.41, 5.74) is 6.05. The van der Waals surface area contributed by atoms with Crippen LogP contribution in [0.5, 0.6) is 0 Å². The Morgan fingerprint density at radius 1 is 1.30 bits per heavy atom. The average Bonchev–Trinajstić information content (AvgIpc) is 2.67. The van der Waals surface area contributed by atoms with E-state index in [4.69, 9.17) is 5.73 Å². The molecule has 1 atom stereocenters. The highest BCUT2D eigenvalue weighted by Gasteiger charge is 2.26. The third-order valence-electron chi connectivity index (χ3n) is 4.82. The fraction of sp³-hybridized carbons (Fsp3) is 0.333. The Morgan fingerprint density at radius 2 is 2.00 bits per heavy atom. The van der Waals surface area contributed by atoms with Gasteiger partial charge in [-0.05, 0) is 24.6 Å². The van der Waals surface area contributed by atoms with Crippen molar-refractivity contribution in [3.05, 3.63) is 63.6 Å². The van der Waals surface area contributed by atoms with Gasteiger partial charge in [0, 0.05) is 38.3 Å². The maximum Gasteiger partial charge on any atom is 0.288 e. The Morgan fingerprint density at radius 3 is 2.59 bits per heavy atom. The zero-order valence-corrected chi connectivity index (χ0v) is 14.8. The van der Waals surface area contributed by atoms with Crippen LogP contribution in [-0.2, 0) is 0 Å². The van der Waals surface area contributed by atoms with E-state index in [1.165, 1.54) is 12.1 Å². The van der Waals surface area contributed by atoms with Gasteiger partial charge in [0.2, 0.25) is 0 Å². The lowest BCUT2D eigenvalue weighted by Gasteiger charge is -2.39. The molecule has 1 aliphatic rings. The molecule has 1 aromatic carbocycles. The molecule has 0 saturated carbocycles. The molecule has 0 radical (unpaired) electrons. The third kappa shape index (κ3) is 4.03. The van der Waals surface area contributed by atoms with Gasteiger partial charge in [-0.1, -0.05) is 12.1 Å². The van der Waals surface area contributed by atoms with E-state index >= 15 is 0 Å². The number of amides is 1. The van der Waals surface area contributed by atoms with Crippen molar-refractivity contribution in [1.82, 2.24) is 9.88 Å². The van der Waals surface area contributed by atoms with Gasteiger partial charge in [-0.3, -0.25) is 19.8 Å². The van der Waals surface area contributed by atoms with Crippen molar-refractivity contribution < 1.29 is 14.1 Å². The van der Waals surface area contributed by atoms with E-state index in [2.05, 4.69) is 9.88 Å². The summed E-state index contributed by atoms with van der Waals surface area (Å²) in [4.78, 5) is 30.2. The number of pyridine rings is 1. The summed E-state index contributed by atoms with van der Waals surface area (Å²) < 4.78 is 13.5. The van der Waals surface area contributed by atoms with Crippen molar-refractivity contribution in [2.75, 3.05) is 31.1 Å². The molecule has 0 spiro atoms. The second kappa shape index (κ2) is 7.67. The summed E-state index contributed by atoms with van der Waals surface area (Å²) in [5, 5.41) is 10.9. The zero-order valence-electron chi connectivity index (χ0n) is 14.8. The van der Waals surface area contributed by atoms with Crippen molar-refractivity contribution in [3.63, 3.8) is 0 Å². The van der Waals surface area contributed by atoms with E-state index in [0.717, 1.165) is 17.8 Å². The molecule has 2 heterocycles. The molecule has 2 N–H and O–H groups in total. The second-order valence-corrected chi connectivity index (χ2v) is 6.44. The molecule has 0 unspecified atom stereocenters. The largest absolute Gasteiger partial charge is 0.365 e. The van der Waals surface area contributed by atoms with Gasteiger partial charge in [-0.15, -0.1) is 0 Å². The van der Waals surface area contributed by atoms with Gasteiger partial charge in [0.25, 0.3) is 11.6 Å². The van der Waals surface area contributed by atoms with Crippen LogP contribution in [0.25, 0.3) is 0 Å². The molecular weight excluding hydrogens is 353 g/mol. The highest BCUT2D eigenvalue weighted by molar-refractivity contribution is 5.98. The van der Waals surface area contributed by atoms with Gasteiger partial charge >= 0.3 is 0 Å².